The fourth-order valence-electron chi connectivity index (χ4n) is 0.393. The summed E-state index contributed by atoms with van der Waals surface area (Å²) in [5, 5.41) is 0. The molecule has 1 heterocycles. The molecule has 0 saturated carbocycles. The van der Waals surface area contributed by atoms with E-state index in [-0.39, 0.29) is 6.61 Å². The van der Waals surface area contributed by atoms with Crippen LogP contribution >= 0.6 is 22.6 Å². The maximum Gasteiger partial charge on any atom is 0.358 e. The Kier molecular flexibility index (Phi) is 1.89. The second-order valence-electron chi connectivity index (χ2n) is 1.41. The lowest BCUT2D eigenvalue weighted by Crippen LogP contribution is -2.33. The standard InChI is InChI=1S/C4H3IO4/c5-3-4(7)8-1-2(6)9-3/h3H,1H2. The van der Waals surface area contributed by atoms with Crippen molar-refractivity contribution >= 4 is 34.5 Å². The molecule has 4 nitrogen and oxygen atoms in total. The largest absolute Gasteiger partial charge is 0.450 e. The quantitative estimate of drug-likeness (QED) is 0.336. The van der Waals surface area contributed by atoms with E-state index in [0.717, 1.165) is 0 Å². The molecule has 50 valence electrons. The summed E-state index contributed by atoms with van der Waals surface area (Å²) in [4.78, 5) is 20.7. The summed E-state index contributed by atoms with van der Waals surface area (Å²) in [5.41, 5.74) is 0. The van der Waals surface area contributed by atoms with Gasteiger partial charge in [-0.05, 0) is 22.6 Å². The lowest BCUT2D eigenvalue weighted by Gasteiger charge is -2.15. The van der Waals surface area contributed by atoms with E-state index in [1.54, 1.807) is 22.6 Å². The summed E-state index contributed by atoms with van der Waals surface area (Å²) in [6, 6.07) is 0. The molecule has 5 heteroatoms. The lowest BCUT2D eigenvalue weighted by molar-refractivity contribution is -0.176. The number of carbonyl (C=O) groups excluding carboxylic acids is 2. The van der Waals surface area contributed by atoms with Gasteiger partial charge < -0.3 is 9.47 Å². The molecule has 0 radical (unpaired) electrons. The normalized spacial score (nSPS) is 27.0. The van der Waals surface area contributed by atoms with Gasteiger partial charge in [0, 0.05) is 0 Å². The van der Waals surface area contributed by atoms with Crippen molar-refractivity contribution in [1.82, 2.24) is 0 Å². The third-order valence-electron chi connectivity index (χ3n) is 0.753. The molecular weight excluding hydrogens is 239 g/mol. The van der Waals surface area contributed by atoms with Gasteiger partial charge in [0.1, 0.15) is 0 Å². The highest BCUT2D eigenvalue weighted by Gasteiger charge is 2.27. The minimum Gasteiger partial charge on any atom is -0.450 e. The van der Waals surface area contributed by atoms with Crippen molar-refractivity contribution in [1.29, 1.82) is 0 Å². The van der Waals surface area contributed by atoms with Gasteiger partial charge >= 0.3 is 11.9 Å². The molecule has 0 aromatic carbocycles. The highest BCUT2D eigenvalue weighted by atomic mass is 127. The van der Waals surface area contributed by atoms with E-state index in [1.165, 1.54) is 0 Å². The third-order valence-corrected chi connectivity index (χ3v) is 1.52. The maximum atomic E-state index is 10.4. The molecule has 0 N–H and O–H groups in total. The van der Waals surface area contributed by atoms with Crippen LogP contribution in [0.3, 0.4) is 0 Å². The molecule has 0 aromatic rings. The van der Waals surface area contributed by atoms with E-state index < -0.39 is 16.0 Å². The molecule has 0 amide bonds. The summed E-state index contributed by atoms with van der Waals surface area (Å²) in [6.07, 6.45) is 0. The highest BCUT2D eigenvalue weighted by molar-refractivity contribution is 14.1. The Morgan fingerprint density at radius 2 is 2.22 bits per heavy atom. The fraction of sp³-hybridized carbons (Fsp3) is 0.500. The first-order valence-electron chi connectivity index (χ1n) is 2.20. The van der Waals surface area contributed by atoms with Crippen molar-refractivity contribution in [2.75, 3.05) is 6.61 Å². The molecule has 0 bridgehead atoms. The Morgan fingerprint density at radius 3 is 2.67 bits per heavy atom. The first-order chi connectivity index (χ1) is 4.20. The van der Waals surface area contributed by atoms with Crippen molar-refractivity contribution in [3.8, 4) is 0 Å². The number of carbonyl (C=O) groups is 2. The van der Waals surface area contributed by atoms with Gasteiger partial charge in [-0.15, -0.1) is 0 Å². The van der Waals surface area contributed by atoms with E-state index in [2.05, 4.69) is 9.47 Å². The van der Waals surface area contributed by atoms with E-state index >= 15 is 0 Å². The summed E-state index contributed by atoms with van der Waals surface area (Å²) >= 11 is 1.68. The molecule has 0 aromatic heterocycles. The zero-order chi connectivity index (χ0) is 6.85. The molecule has 9 heavy (non-hydrogen) atoms. The number of cyclic esters (lactones) is 2. The first kappa shape index (κ1) is 6.79. The van der Waals surface area contributed by atoms with Crippen LogP contribution in [0.1, 0.15) is 0 Å². The van der Waals surface area contributed by atoms with Crippen LogP contribution in [0.5, 0.6) is 0 Å². The molecule has 0 spiro atoms. The Bertz CT molecular complexity index is 155. The van der Waals surface area contributed by atoms with Crippen molar-refractivity contribution in [2.45, 2.75) is 4.11 Å². The summed E-state index contributed by atoms with van der Waals surface area (Å²) in [5.74, 6) is -0.982. The van der Waals surface area contributed by atoms with Crippen LogP contribution in [-0.4, -0.2) is 22.7 Å². The van der Waals surface area contributed by atoms with Crippen molar-refractivity contribution in [2.24, 2.45) is 0 Å². The van der Waals surface area contributed by atoms with Crippen LogP contribution < -0.4 is 0 Å². The average molecular weight is 242 g/mol. The number of ether oxygens (including phenoxy) is 2. The number of halogens is 1. The molecule has 0 aliphatic carbocycles. The predicted octanol–water partition coefficient (Wildman–Crippen LogP) is -0.152. The van der Waals surface area contributed by atoms with Gasteiger partial charge in [0.2, 0.25) is 4.11 Å². The fourth-order valence-corrected chi connectivity index (χ4v) is 0.856. The molecule has 1 aliphatic heterocycles. The number of hydrogen-bond donors (Lipinski definition) is 0. The summed E-state index contributed by atoms with van der Waals surface area (Å²) in [6.45, 7) is -0.252. The van der Waals surface area contributed by atoms with Crippen LogP contribution in [0.25, 0.3) is 0 Å². The SMILES string of the molecule is O=C1COC(=O)C(I)O1. The number of hydrogen-bond acceptors (Lipinski definition) is 4. The number of rotatable bonds is 0. The van der Waals surface area contributed by atoms with Gasteiger partial charge in [0.05, 0.1) is 0 Å². The molecule has 1 aliphatic rings. The third kappa shape index (κ3) is 1.54. The average Bonchev–Trinajstić information content (AvgIpc) is 1.80. The van der Waals surface area contributed by atoms with Crippen molar-refractivity contribution in [3.63, 3.8) is 0 Å². The van der Waals surface area contributed by atoms with E-state index in [0.29, 0.717) is 0 Å². The monoisotopic (exact) mass is 242 g/mol. The smallest absolute Gasteiger partial charge is 0.358 e. The van der Waals surface area contributed by atoms with E-state index in [4.69, 9.17) is 0 Å². The zero-order valence-corrected chi connectivity index (χ0v) is 6.45. The molecule has 1 atom stereocenters. The minimum absolute atomic E-state index is 0.252. The van der Waals surface area contributed by atoms with Gasteiger partial charge in [0.15, 0.2) is 6.61 Å². The van der Waals surface area contributed by atoms with Crippen LogP contribution in [-0.2, 0) is 19.1 Å². The molecule has 1 unspecified atom stereocenters. The summed E-state index contributed by atoms with van der Waals surface area (Å²) in [7, 11) is 0. The van der Waals surface area contributed by atoms with Crippen LogP contribution in [0.2, 0.25) is 0 Å². The van der Waals surface area contributed by atoms with E-state index in [1.807, 2.05) is 0 Å². The Balaban J connectivity index is 2.54. The second kappa shape index (κ2) is 2.51. The Morgan fingerprint density at radius 1 is 1.56 bits per heavy atom. The molecular formula is C4H3IO4. The lowest BCUT2D eigenvalue weighted by atomic mass is 10.6. The van der Waals surface area contributed by atoms with Crippen LogP contribution in [0.15, 0.2) is 0 Å². The first-order valence-corrected chi connectivity index (χ1v) is 3.45. The maximum absolute atomic E-state index is 10.4. The van der Waals surface area contributed by atoms with Crippen molar-refractivity contribution < 1.29 is 19.1 Å². The topological polar surface area (TPSA) is 52.6 Å². The highest BCUT2D eigenvalue weighted by Crippen LogP contribution is 2.09. The van der Waals surface area contributed by atoms with E-state index in [9.17, 15) is 9.59 Å². The molecule has 1 rings (SSSR count). The van der Waals surface area contributed by atoms with Gasteiger partial charge in [-0.3, -0.25) is 0 Å². The zero-order valence-electron chi connectivity index (χ0n) is 4.30. The van der Waals surface area contributed by atoms with Crippen LogP contribution in [0, 0.1) is 0 Å². The number of alkyl halides is 1. The van der Waals surface area contributed by atoms with Crippen molar-refractivity contribution in [3.05, 3.63) is 0 Å². The van der Waals surface area contributed by atoms with Gasteiger partial charge in [-0.2, -0.15) is 0 Å². The minimum atomic E-state index is -0.760. The molecule has 1 saturated heterocycles. The van der Waals surface area contributed by atoms with Gasteiger partial charge in [-0.25, -0.2) is 9.59 Å². The van der Waals surface area contributed by atoms with Gasteiger partial charge in [-0.1, -0.05) is 0 Å². The Hall–Kier alpha value is -0.330. The van der Waals surface area contributed by atoms with Gasteiger partial charge in [0.25, 0.3) is 0 Å². The Labute approximate surface area is 64.6 Å². The predicted molar refractivity (Wildman–Crippen MR) is 34.9 cm³/mol. The van der Waals surface area contributed by atoms with Crippen LogP contribution in [0.4, 0.5) is 0 Å². The second-order valence-corrected chi connectivity index (χ2v) is 2.54. The number of esters is 2. The molecule has 1 fully saturated rings. The summed E-state index contributed by atoms with van der Waals surface area (Å²) < 4.78 is 8.09.